The molecule has 2 atom stereocenters. The van der Waals surface area contributed by atoms with Crippen LogP contribution < -0.4 is 11.2 Å². The monoisotopic (exact) mass is 505 g/mol. The number of nitrogens with zero attached hydrogens (tertiary/aromatic N) is 3. The van der Waals surface area contributed by atoms with Gasteiger partial charge in [-0.3, -0.25) is 20.0 Å². The summed E-state index contributed by atoms with van der Waals surface area (Å²) in [6.07, 6.45) is 2.60. The fraction of sp³-hybridized carbons (Fsp3) is 0.308. The molecule has 2 amide bonds. The Hall–Kier alpha value is -3.79. The van der Waals surface area contributed by atoms with E-state index in [2.05, 4.69) is 10.5 Å². The zero-order valence-electron chi connectivity index (χ0n) is 19.6. The van der Waals surface area contributed by atoms with E-state index in [1.54, 1.807) is 18.2 Å². The highest BCUT2D eigenvalue weighted by Crippen LogP contribution is 2.47. The van der Waals surface area contributed by atoms with Crippen molar-refractivity contribution in [3.05, 3.63) is 75.2 Å². The number of pyridine rings is 1. The largest absolute Gasteiger partial charge is 0.451 e. The number of amides is 2. The van der Waals surface area contributed by atoms with Crippen molar-refractivity contribution in [2.75, 3.05) is 6.54 Å². The average Bonchev–Trinajstić information content (AvgIpc) is 3.65. The lowest BCUT2D eigenvalue weighted by Gasteiger charge is -2.18. The summed E-state index contributed by atoms with van der Waals surface area (Å²) < 4.78 is 19.4. The van der Waals surface area contributed by atoms with Gasteiger partial charge in [0.25, 0.3) is 11.8 Å². The maximum Gasteiger partial charge on any atom is 0.258 e. The Morgan fingerprint density at radius 2 is 2.00 bits per heavy atom. The van der Waals surface area contributed by atoms with E-state index < -0.39 is 5.91 Å². The van der Waals surface area contributed by atoms with E-state index in [0.29, 0.717) is 46.9 Å². The van der Waals surface area contributed by atoms with E-state index in [1.165, 1.54) is 23.5 Å². The van der Waals surface area contributed by atoms with E-state index in [-0.39, 0.29) is 24.0 Å². The molecular formula is C26H24FN5O3S. The summed E-state index contributed by atoms with van der Waals surface area (Å²) >= 11 is 1.24. The summed E-state index contributed by atoms with van der Waals surface area (Å²) in [7, 11) is 0. The highest BCUT2D eigenvalue weighted by atomic mass is 32.1. The topological polar surface area (TPSA) is 110 Å². The Balaban J connectivity index is 1.55. The second-order valence-corrected chi connectivity index (χ2v) is 10.3. The quantitative estimate of drug-likeness (QED) is 0.530. The molecule has 0 spiro atoms. The van der Waals surface area contributed by atoms with Crippen LogP contribution in [0.3, 0.4) is 0 Å². The summed E-state index contributed by atoms with van der Waals surface area (Å²) in [6, 6.07) is 9.84. The molecule has 5 heterocycles. The standard InChI is InChI=1S/C26H24FN5O3S/c1-13-30-31-25(35-13)20-16(9-6-14-4-7-15(27)8-5-14)29-23-17-3-2-12-32(17)26(34)22(23)21(20)18-10-11-19(36-18)24(28)33/h4-5,7-8,10-11,13,17,30H,2-3,6,9,12H2,1H3,(H2,28,33). The van der Waals surface area contributed by atoms with E-state index in [1.807, 2.05) is 17.9 Å². The Bertz CT molecular complexity index is 1420. The number of benzene rings is 1. The van der Waals surface area contributed by atoms with Gasteiger partial charge in [-0.2, -0.15) is 0 Å². The first kappa shape index (κ1) is 22.7. The van der Waals surface area contributed by atoms with Crippen LogP contribution in [0.2, 0.25) is 0 Å². The summed E-state index contributed by atoms with van der Waals surface area (Å²) in [5.41, 5.74) is 12.8. The minimum atomic E-state index is -0.522. The molecule has 0 saturated carbocycles. The molecule has 6 rings (SSSR count). The summed E-state index contributed by atoms with van der Waals surface area (Å²) in [5.74, 6) is -0.508. The number of hydrazone groups is 1. The molecule has 184 valence electrons. The Labute approximate surface area is 211 Å². The van der Waals surface area contributed by atoms with Gasteiger partial charge in [-0.05, 0) is 62.4 Å². The molecule has 10 heteroatoms. The maximum absolute atomic E-state index is 13.6. The van der Waals surface area contributed by atoms with Gasteiger partial charge in [-0.15, -0.1) is 16.4 Å². The summed E-state index contributed by atoms with van der Waals surface area (Å²) in [4.78, 5) is 33.6. The van der Waals surface area contributed by atoms with Crippen LogP contribution in [0.1, 0.15) is 68.4 Å². The molecule has 3 aliphatic rings. The molecule has 1 fully saturated rings. The van der Waals surface area contributed by atoms with E-state index >= 15 is 0 Å². The first-order valence-corrected chi connectivity index (χ1v) is 12.7. The van der Waals surface area contributed by atoms with Crippen molar-refractivity contribution in [1.29, 1.82) is 0 Å². The van der Waals surface area contributed by atoms with Crippen LogP contribution in [0, 0.1) is 5.82 Å². The van der Waals surface area contributed by atoms with Crippen molar-refractivity contribution in [3.8, 4) is 10.4 Å². The number of halogens is 1. The number of fused-ring (bicyclic) bond motifs is 3. The molecule has 0 bridgehead atoms. The van der Waals surface area contributed by atoms with Gasteiger partial charge in [-0.1, -0.05) is 12.1 Å². The second-order valence-electron chi connectivity index (χ2n) is 9.19. The van der Waals surface area contributed by atoms with Crippen LogP contribution in [0.5, 0.6) is 0 Å². The molecule has 1 saturated heterocycles. The number of thiophene rings is 1. The van der Waals surface area contributed by atoms with Gasteiger partial charge in [0.15, 0.2) is 6.23 Å². The lowest BCUT2D eigenvalue weighted by molar-refractivity contribution is 0.0776. The van der Waals surface area contributed by atoms with Crippen LogP contribution in [0.15, 0.2) is 41.5 Å². The van der Waals surface area contributed by atoms with Gasteiger partial charge >= 0.3 is 0 Å². The Kier molecular flexibility index (Phi) is 5.48. The first-order chi connectivity index (χ1) is 17.4. The molecule has 3 aliphatic heterocycles. The zero-order valence-corrected chi connectivity index (χ0v) is 20.4. The number of carbonyl (C=O) groups excluding carboxylic acids is 2. The van der Waals surface area contributed by atoms with Gasteiger partial charge in [0, 0.05) is 17.0 Å². The molecule has 0 aliphatic carbocycles. The Morgan fingerprint density at radius 3 is 2.69 bits per heavy atom. The number of ether oxygens (including phenoxy) is 1. The van der Waals surface area contributed by atoms with Gasteiger partial charge in [0.2, 0.25) is 5.90 Å². The molecule has 3 aromatic rings. The van der Waals surface area contributed by atoms with E-state index in [0.717, 1.165) is 34.7 Å². The molecule has 0 radical (unpaired) electrons. The second kappa shape index (κ2) is 8.70. The maximum atomic E-state index is 13.6. The summed E-state index contributed by atoms with van der Waals surface area (Å²) in [5, 5.41) is 4.41. The minimum absolute atomic E-state index is 0.0602. The van der Waals surface area contributed by atoms with Crippen LogP contribution in [0.25, 0.3) is 10.4 Å². The lowest BCUT2D eigenvalue weighted by atomic mass is 9.93. The number of hydrogen-bond acceptors (Lipinski definition) is 7. The zero-order chi connectivity index (χ0) is 25.0. The van der Waals surface area contributed by atoms with Crippen LogP contribution in [0.4, 0.5) is 4.39 Å². The third kappa shape index (κ3) is 3.72. The fourth-order valence-electron chi connectivity index (χ4n) is 5.21. The summed E-state index contributed by atoms with van der Waals surface area (Å²) in [6.45, 7) is 2.53. The van der Waals surface area contributed by atoms with Crippen LogP contribution >= 0.6 is 11.3 Å². The minimum Gasteiger partial charge on any atom is -0.451 e. The number of hydrogen-bond donors (Lipinski definition) is 2. The van der Waals surface area contributed by atoms with Gasteiger partial charge in [0.05, 0.1) is 33.4 Å². The number of primary amides is 1. The van der Waals surface area contributed by atoms with Crippen molar-refractivity contribution in [2.45, 2.75) is 44.9 Å². The lowest BCUT2D eigenvalue weighted by Crippen LogP contribution is -2.23. The third-order valence-electron chi connectivity index (χ3n) is 6.85. The van der Waals surface area contributed by atoms with Gasteiger partial charge in [-0.25, -0.2) is 4.39 Å². The highest BCUT2D eigenvalue weighted by Gasteiger charge is 2.45. The van der Waals surface area contributed by atoms with Crippen LogP contribution in [-0.4, -0.2) is 40.4 Å². The van der Waals surface area contributed by atoms with Crippen molar-refractivity contribution in [1.82, 2.24) is 15.3 Å². The number of nitrogens with one attached hydrogen (secondary N) is 1. The number of nitrogens with two attached hydrogens (primary N) is 1. The number of rotatable bonds is 6. The SMILES string of the molecule is CC1NN=C(c2c(CCc3ccc(F)cc3)nc3c(c2-c2ccc(C(N)=O)s2)C(=O)N2CCCC32)O1. The van der Waals surface area contributed by atoms with E-state index in [4.69, 9.17) is 15.5 Å². The van der Waals surface area contributed by atoms with Gasteiger partial charge in [0.1, 0.15) is 5.82 Å². The number of aromatic nitrogens is 1. The van der Waals surface area contributed by atoms with Crippen molar-refractivity contribution < 1.29 is 18.7 Å². The normalized spacial score (nSPS) is 20.1. The third-order valence-corrected chi connectivity index (χ3v) is 7.97. The van der Waals surface area contributed by atoms with Crippen molar-refractivity contribution in [3.63, 3.8) is 0 Å². The predicted octanol–water partition coefficient (Wildman–Crippen LogP) is 3.75. The molecule has 2 aromatic heterocycles. The molecule has 2 unspecified atom stereocenters. The average molecular weight is 506 g/mol. The first-order valence-electron chi connectivity index (χ1n) is 11.9. The fourth-order valence-corrected chi connectivity index (χ4v) is 6.13. The predicted molar refractivity (Wildman–Crippen MR) is 133 cm³/mol. The van der Waals surface area contributed by atoms with Gasteiger partial charge < -0.3 is 15.4 Å². The van der Waals surface area contributed by atoms with Crippen molar-refractivity contribution >= 4 is 29.0 Å². The highest BCUT2D eigenvalue weighted by molar-refractivity contribution is 7.17. The number of aryl methyl sites for hydroxylation is 2. The van der Waals surface area contributed by atoms with Crippen LogP contribution in [-0.2, 0) is 17.6 Å². The molecule has 36 heavy (non-hydrogen) atoms. The van der Waals surface area contributed by atoms with E-state index in [9.17, 15) is 14.0 Å². The molecule has 1 aromatic carbocycles. The smallest absolute Gasteiger partial charge is 0.258 e. The molecule has 3 N–H and O–H groups in total. The Morgan fingerprint density at radius 1 is 1.19 bits per heavy atom. The molecule has 8 nitrogen and oxygen atoms in total. The molecular weight excluding hydrogens is 481 g/mol. The van der Waals surface area contributed by atoms with Crippen molar-refractivity contribution in [2.24, 2.45) is 10.8 Å². The number of carbonyl (C=O) groups is 2.